The van der Waals surface area contributed by atoms with Gasteiger partial charge in [-0.1, -0.05) is 6.07 Å². The largest absolute Gasteiger partial charge is 0.398 e. The quantitative estimate of drug-likeness (QED) is 0.841. The van der Waals surface area contributed by atoms with E-state index in [2.05, 4.69) is 9.71 Å². The maximum Gasteiger partial charge on any atom is 0.264 e. The van der Waals surface area contributed by atoms with E-state index in [1.54, 1.807) is 37.4 Å². The predicted octanol–water partition coefficient (Wildman–Crippen LogP) is 2.08. The maximum absolute atomic E-state index is 12.4. The zero-order valence-corrected chi connectivity index (χ0v) is 11.5. The lowest BCUT2D eigenvalue weighted by Gasteiger charge is -2.14. The summed E-state index contributed by atoms with van der Waals surface area (Å²) in [6.07, 6.45) is 3.02. The van der Waals surface area contributed by atoms with Crippen LogP contribution in [0.5, 0.6) is 0 Å². The lowest BCUT2D eigenvalue weighted by molar-refractivity contribution is 0.601. The van der Waals surface area contributed by atoms with Crippen LogP contribution < -0.4 is 10.5 Å². The molecule has 0 amide bonds. The molecule has 6 heteroatoms. The van der Waals surface area contributed by atoms with Crippen LogP contribution in [0.15, 0.2) is 41.6 Å². The number of anilines is 2. The second-order valence-corrected chi connectivity index (χ2v) is 5.89. The normalized spacial score (nSPS) is 11.3. The number of benzene rings is 1. The fourth-order valence-electron chi connectivity index (χ4n) is 1.80. The Kier molecular flexibility index (Phi) is 3.44. The number of rotatable bonds is 3. The van der Waals surface area contributed by atoms with Crippen molar-refractivity contribution in [2.75, 3.05) is 10.5 Å². The maximum atomic E-state index is 12.4. The standard InChI is InChI=1S/C13H15N3O2S/c1-9-5-6-12(14)13(10(9)2)19(17,18)16-11-4-3-7-15-8-11/h3-8,16H,14H2,1-2H3. The van der Waals surface area contributed by atoms with Crippen molar-refractivity contribution in [3.05, 3.63) is 47.8 Å². The van der Waals surface area contributed by atoms with E-state index in [9.17, 15) is 8.42 Å². The Morgan fingerprint density at radius 2 is 1.95 bits per heavy atom. The van der Waals surface area contributed by atoms with Gasteiger partial charge in [0.25, 0.3) is 10.0 Å². The van der Waals surface area contributed by atoms with Crippen LogP contribution in [0.4, 0.5) is 11.4 Å². The minimum atomic E-state index is -3.71. The van der Waals surface area contributed by atoms with Gasteiger partial charge in [-0.15, -0.1) is 0 Å². The van der Waals surface area contributed by atoms with E-state index in [4.69, 9.17) is 5.73 Å². The molecule has 1 aromatic carbocycles. The van der Waals surface area contributed by atoms with Gasteiger partial charge in [0.1, 0.15) is 4.90 Å². The first-order chi connectivity index (χ1) is 8.92. The Labute approximate surface area is 112 Å². The molecule has 0 aliphatic rings. The van der Waals surface area contributed by atoms with Crippen molar-refractivity contribution in [1.82, 2.24) is 4.98 Å². The number of hydrogen-bond acceptors (Lipinski definition) is 4. The summed E-state index contributed by atoms with van der Waals surface area (Å²) in [5.74, 6) is 0. The fraction of sp³-hybridized carbons (Fsp3) is 0.154. The first-order valence-electron chi connectivity index (χ1n) is 5.70. The van der Waals surface area contributed by atoms with Gasteiger partial charge in [-0.05, 0) is 43.2 Å². The van der Waals surface area contributed by atoms with Gasteiger partial charge in [-0.25, -0.2) is 8.42 Å². The van der Waals surface area contributed by atoms with Crippen LogP contribution in [0, 0.1) is 13.8 Å². The van der Waals surface area contributed by atoms with E-state index in [0.29, 0.717) is 11.3 Å². The summed E-state index contributed by atoms with van der Waals surface area (Å²) >= 11 is 0. The minimum absolute atomic E-state index is 0.122. The van der Waals surface area contributed by atoms with Gasteiger partial charge in [0.2, 0.25) is 0 Å². The molecular weight excluding hydrogens is 262 g/mol. The van der Waals surface area contributed by atoms with E-state index < -0.39 is 10.0 Å². The summed E-state index contributed by atoms with van der Waals surface area (Å²) in [6.45, 7) is 3.58. The lowest BCUT2D eigenvalue weighted by Crippen LogP contribution is -2.16. The van der Waals surface area contributed by atoms with Crippen molar-refractivity contribution in [3.63, 3.8) is 0 Å². The summed E-state index contributed by atoms with van der Waals surface area (Å²) < 4.78 is 27.2. The summed E-state index contributed by atoms with van der Waals surface area (Å²) in [5.41, 5.74) is 7.96. The van der Waals surface area contributed by atoms with Crippen molar-refractivity contribution >= 4 is 21.4 Å². The van der Waals surface area contributed by atoms with Crippen LogP contribution in [0.1, 0.15) is 11.1 Å². The highest BCUT2D eigenvalue weighted by molar-refractivity contribution is 7.93. The monoisotopic (exact) mass is 277 g/mol. The van der Waals surface area contributed by atoms with Crippen LogP contribution in [0.3, 0.4) is 0 Å². The molecule has 19 heavy (non-hydrogen) atoms. The highest BCUT2D eigenvalue weighted by Crippen LogP contribution is 2.26. The molecule has 0 saturated heterocycles. The average molecular weight is 277 g/mol. The zero-order valence-electron chi connectivity index (χ0n) is 10.7. The van der Waals surface area contributed by atoms with E-state index in [0.717, 1.165) is 5.56 Å². The molecule has 0 aliphatic carbocycles. The molecule has 2 rings (SSSR count). The average Bonchev–Trinajstić information content (AvgIpc) is 2.35. The molecular formula is C13H15N3O2S. The van der Waals surface area contributed by atoms with E-state index in [-0.39, 0.29) is 10.6 Å². The molecule has 1 heterocycles. The van der Waals surface area contributed by atoms with Gasteiger partial charge in [0, 0.05) is 6.20 Å². The molecule has 0 spiro atoms. The topological polar surface area (TPSA) is 85.1 Å². The van der Waals surface area contributed by atoms with Crippen molar-refractivity contribution < 1.29 is 8.42 Å². The van der Waals surface area contributed by atoms with Crippen LogP contribution in [-0.2, 0) is 10.0 Å². The molecule has 100 valence electrons. The molecule has 1 aromatic heterocycles. The van der Waals surface area contributed by atoms with Crippen molar-refractivity contribution in [2.24, 2.45) is 0 Å². The number of nitrogens with one attached hydrogen (secondary N) is 1. The predicted molar refractivity (Wildman–Crippen MR) is 75.4 cm³/mol. The summed E-state index contributed by atoms with van der Waals surface area (Å²) in [7, 11) is -3.71. The van der Waals surface area contributed by atoms with Gasteiger partial charge < -0.3 is 5.73 Å². The number of aryl methyl sites for hydroxylation is 1. The van der Waals surface area contributed by atoms with Crippen LogP contribution in [0.2, 0.25) is 0 Å². The Balaban J connectivity index is 2.49. The SMILES string of the molecule is Cc1ccc(N)c(S(=O)(=O)Nc2cccnc2)c1C. The number of sulfonamides is 1. The summed E-state index contributed by atoms with van der Waals surface area (Å²) in [4.78, 5) is 3.99. The van der Waals surface area contributed by atoms with E-state index in [1.807, 2.05) is 6.92 Å². The molecule has 5 nitrogen and oxygen atoms in total. The molecule has 0 radical (unpaired) electrons. The second-order valence-electron chi connectivity index (χ2n) is 4.27. The number of nitrogen functional groups attached to an aromatic ring is 1. The molecule has 2 aromatic rings. The Hall–Kier alpha value is -2.08. The van der Waals surface area contributed by atoms with Crippen LogP contribution in [-0.4, -0.2) is 13.4 Å². The number of nitrogens with two attached hydrogens (primary N) is 1. The molecule has 0 saturated carbocycles. The van der Waals surface area contributed by atoms with Gasteiger partial charge >= 0.3 is 0 Å². The number of nitrogens with zero attached hydrogens (tertiary/aromatic N) is 1. The van der Waals surface area contributed by atoms with Gasteiger partial charge in [-0.2, -0.15) is 0 Å². The molecule has 0 fully saturated rings. The van der Waals surface area contributed by atoms with Crippen LogP contribution in [0.25, 0.3) is 0 Å². The summed E-state index contributed by atoms with van der Waals surface area (Å²) in [6, 6.07) is 6.68. The van der Waals surface area contributed by atoms with E-state index in [1.165, 1.54) is 6.20 Å². The highest BCUT2D eigenvalue weighted by Gasteiger charge is 2.21. The van der Waals surface area contributed by atoms with Gasteiger partial charge in [0.05, 0.1) is 17.6 Å². The fourth-order valence-corrected chi connectivity index (χ4v) is 3.27. The smallest absolute Gasteiger partial charge is 0.264 e. The third-order valence-corrected chi connectivity index (χ3v) is 4.47. The first-order valence-corrected chi connectivity index (χ1v) is 7.18. The van der Waals surface area contributed by atoms with Crippen LogP contribution >= 0.6 is 0 Å². The number of pyridine rings is 1. The molecule has 0 unspecified atom stereocenters. The molecule has 0 atom stereocenters. The van der Waals surface area contributed by atoms with E-state index >= 15 is 0 Å². The Bertz CT molecular complexity index is 697. The highest BCUT2D eigenvalue weighted by atomic mass is 32.2. The Morgan fingerprint density at radius 1 is 1.21 bits per heavy atom. The molecule has 0 aliphatic heterocycles. The number of aromatic nitrogens is 1. The Morgan fingerprint density at radius 3 is 2.58 bits per heavy atom. The van der Waals surface area contributed by atoms with Crippen molar-refractivity contribution in [3.8, 4) is 0 Å². The van der Waals surface area contributed by atoms with Crippen molar-refractivity contribution in [1.29, 1.82) is 0 Å². The second kappa shape index (κ2) is 4.89. The lowest BCUT2D eigenvalue weighted by atomic mass is 10.1. The minimum Gasteiger partial charge on any atom is -0.398 e. The molecule has 3 N–H and O–H groups in total. The third-order valence-electron chi connectivity index (χ3n) is 2.89. The zero-order chi connectivity index (χ0) is 14.0. The number of hydrogen-bond donors (Lipinski definition) is 2. The summed E-state index contributed by atoms with van der Waals surface area (Å²) in [5, 5.41) is 0. The molecule has 0 bridgehead atoms. The van der Waals surface area contributed by atoms with Crippen molar-refractivity contribution in [2.45, 2.75) is 18.7 Å². The first kappa shape index (κ1) is 13.4. The third kappa shape index (κ3) is 2.68. The van der Waals surface area contributed by atoms with Gasteiger partial charge in [0.15, 0.2) is 0 Å². The van der Waals surface area contributed by atoms with Gasteiger partial charge in [-0.3, -0.25) is 9.71 Å².